The summed E-state index contributed by atoms with van der Waals surface area (Å²) in [5, 5.41) is 4.83. The van der Waals surface area contributed by atoms with Gasteiger partial charge in [-0.2, -0.15) is 0 Å². The normalized spacial score (nSPS) is 11.2. The first-order chi connectivity index (χ1) is 16.1. The molecule has 5 nitrogen and oxygen atoms in total. The molecule has 3 aromatic rings. The van der Waals surface area contributed by atoms with E-state index in [0.29, 0.717) is 6.42 Å². The van der Waals surface area contributed by atoms with E-state index >= 15 is 0 Å². The van der Waals surface area contributed by atoms with Crippen LogP contribution in [0.5, 0.6) is 0 Å². The molecule has 0 aliphatic heterocycles. The molecule has 0 aliphatic rings. The van der Waals surface area contributed by atoms with Crippen LogP contribution in [0.3, 0.4) is 0 Å². The van der Waals surface area contributed by atoms with Gasteiger partial charge in [0.2, 0.25) is 5.91 Å². The van der Waals surface area contributed by atoms with Gasteiger partial charge in [-0.15, -0.1) is 23.5 Å². The third-order valence-corrected chi connectivity index (χ3v) is 7.66. The SMILES string of the molecule is CCSc1cc(C)nc(SCC)c1NC(=O)CCCCCCCSc1nc2ccccc2o1. The Balaban J connectivity index is 1.34. The molecule has 1 aromatic carbocycles. The van der Waals surface area contributed by atoms with Gasteiger partial charge in [0, 0.05) is 22.8 Å². The topological polar surface area (TPSA) is 68.0 Å². The fraction of sp³-hybridized carbons (Fsp3) is 0.480. The van der Waals surface area contributed by atoms with Crippen LogP contribution in [0.1, 0.15) is 58.1 Å². The number of aryl methyl sites for hydroxylation is 1. The van der Waals surface area contributed by atoms with Gasteiger partial charge < -0.3 is 9.73 Å². The number of rotatable bonds is 14. The largest absolute Gasteiger partial charge is 0.431 e. The lowest BCUT2D eigenvalue weighted by molar-refractivity contribution is -0.116. The highest BCUT2D eigenvalue weighted by atomic mass is 32.2. The minimum Gasteiger partial charge on any atom is -0.431 e. The molecule has 3 rings (SSSR count). The van der Waals surface area contributed by atoms with E-state index in [0.717, 1.165) is 87.0 Å². The van der Waals surface area contributed by atoms with Crippen molar-refractivity contribution in [3.8, 4) is 0 Å². The average Bonchev–Trinajstić information content (AvgIpc) is 3.21. The molecule has 0 fully saturated rings. The number of aromatic nitrogens is 2. The molecule has 0 spiro atoms. The average molecular weight is 504 g/mol. The van der Waals surface area contributed by atoms with E-state index in [1.54, 1.807) is 35.3 Å². The van der Waals surface area contributed by atoms with Gasteiger partial charge in [-0.05, 0) is 49.5 Å². The summed E-state index contributed by atoms with van der Waals surface area (Å²) in [5.41, 5.74) is 3.65. The summed E-state index contributed by atoms with van der Waals surface area (Å²) < 4.78 is 5.74. The number of benzene rings is 1. The number of hydrogen-bond donors (Lipinski definition) is 1. The number of hydrogen-bond acceptors (Lipinski definition) is 7. The molecule has 0 saturated carbocycles. The third kappa shape index (κ3) is 8.26. The van der Waals surface area contributed by atoms with Gasteiger partial charge in [0.25, 0.3) is 5.22 Å². The fourth-order valence-electron chi connectivity index (χ4n) is 3.43. The van der Waals surface area contributed by atoms with Gasteiger partial charge in [-0.3, -0.25) is 4.79 Å². The van der Waals surface area contributed by atoms with E-state index in [9.17, 15) is 4.79 Å². The number of thioether (sulfide) groups is 3. The molecule has 2 aromatic heterocycles. The van der Waals surface area contributed by atoms with Crippen LogP contribution in [0.4, 0.5) is 5.69 Å². The van der Waals surface area contributed by atoms with Crippen molar-refractivity contribution in [2.45, 2.75) is 74.4 Å². The van der Waals surface area contributed by atoms with Crippen LogP contribution in [0.2, 0.25) is 0 Å². The monoisotopic (exact) mass is 503 g/mol. The van der Waals surface area contributed by atoms with Crippen molar-refractivity contribution in [1.82, 2.24) is 9.97 Å². The molecule has 33 heavy (non-hydrogen) atoms. The van der Waals surface area contributed by atoms with Crippen molar-refractivity contribution in [3.63, 3.8) is 0 Å². The fourth-order valence-corrected chi connectivity index (χ4v) is 5.98. The van der Waals surface area contributed by atoms with Crippen molar-refractivity contribution in [3.05, 3.63) is 36.0 Å². The molecule has 178 valence electrons. The number of nitrogens with zero attached hydrogens (tertiary/aromatic N) is 2. The van der Waals surface area contributed by atoms with Gasteiger partial charge in [0.05, 0.1) is 5.69 Å². The first-order valence-electron chi connectivity index (χ1n) is 11.7. The second-order valence-corrected chi connectivity index (χ2v) is 11.3. The predicted molar refractivity (Wildman–Crippen MR) is 143 cm³/mol. The second-order valence-electron chi connectivity index (χ2n) is 7.67. The van der Waals surface area contributed by atoms with Crippen molar-refractivity contribution in [2.24, 2.45) is 0 Å². The number of fused-ring (bicyclic) bond motifs is 1. The van der Waals surface area contributed by atoms with E-state index in [1.807, 2.05) is 31.2 Å². The number of para-hydroxylation sites is 2. The van der Waals surface area contributed by atoms with Crippen LogP contribution in [-0.2, 0) is 4.79 Å². The molecule has 2 heterocycles. The molecule has 0 unspecified atom stereocenters. The molecule has 1 amide bonds. The lowest BCUT2D eigenvalue weighted by Gasteiger charge is -2.15. The van der Waals surface area contributed by atoms with E-state index in [4.69, 9.17) is 4.42 Å². The van der Waals surface area contributed by atoms with E-state index in [2.05, 4.69) is 35.2 Å². The van der Waals surface area contributed by atoms with Crippen molar-refractivity contribution in [2.75, 3.05) is 22.6 Å². The zero-order valence-corrected chi connectivity index (χ0v) is 22.1. The molecular weight excluding hydrogens is 470 g/mol. The van der Waals surface area contributed by atoms with Gasteiger partial charge in [-0.1, -0.05) is 57.0 Å². The Labute approximate surface area is 209 Å². The summed E-state index contributed by atoms with van der Waals surface area (Å²) in [6.45, 7) is 6.25. The summed E-state index contributed by atoms with van der Waals surface area (Å²) in [6.07, 6.45) is 5.96. The summed E-state index contributed by atoms with van der Waals surface area (Å²) >= 11 is 5.12. The highest BCUT2D eigenvalue weighted by Crippen LogP contribution is 2.35. The summed E-state index contributed by atoms with van der Waals surface area (Å²) in [7, 11) is 0. The Morgan fingerprint density at radius 1 is 0.970 bits per heavy atom. The standard InChI is InChI=1S/C25H33N3O2S3/c1-4-31-21-17-18(3)26-24(32-5-2)23(21)28-22(29)15-9-7-6-8-12-16-33-25-27-19-13-10-11-14-20(19)30-25/h10-11,13-14,17H,4-9,12,15-16H2,1-3H3,(H,28,29). The zero-order valence-electron chi connectivity index (χ0n) is 19.7. The number of carbonyl (C=O) groups excluding carboxylic acids is 1. The molecule has 0 radical (unpaired) electrons. The maximum absolute atomic E-state index is 12.6. The summed E-state index contributed by atoms with van der Waals surface area (Å²) in [6, 6.07) is 9.93. The van der Waals surface area contributed by atoms with Crippen LogP contribution in [-0.4, -0.2) is 33.1 Å². The predicted octanol–water partition coefficient (Wildman–Crippen LogP) is 7.83. The molecule has 0 saturated heterocycles. The van der Waals surface area contributed by atoms with E-state index < -0.39 is 0 Å². The smallest absolute Gasteiger partial charge is 0.256 e. The molecule has 0 aliphatic carbocycles. The van der Waals surface area contributed by atoms with Crippen LogP contribution in [0, 0.1) is 6.92 Å². The quantitative estimate of drug-likeness (QED) is 0.178. The lowest BCUT2D eigenvalue weighted by Crippen LogP contribution is -2.13. The molecule has 1 N–H and O–H groups in total. The number of unbranched alkanes of at least 4 members (excludes halogenated alkanes) is 4. The van der Waals surface area contributed by atoms with Crippen molar-refractivity contribution in [1.29, 1.82) is 0 Å². The second kappa shape index (κ2) is 13.9. The molecule has 0 bridgehead atoms. The van der Waals surface area contributed by atoms with Gasteiger partial charge in [-0.25, -0.2) is 9.97 Å². The number of nitrogens with one attached hydrogen (secondary N) is 1. The summed E-state index contributed by atoms with van der Waals surface area (Å²) in [5.74, 6) is 2.99. The Kier molecular flexibility index (Phi) is 11.0. The highest BCUT2D eigenvalue weighted by molar-refractivity contribution is 8.00. The molecular formula is C25H33N3O2S3. The van der Waals surface area contributed by atoms with Gasteiger partial charge in [0.1, 0.15) is 10.5 Å². The van der Waals surface area contributed by atoms with Gasteiger partial charge >= 0.3 is 0 Å². The Morgan fingerprint density at radius 3 is 2.52 bits per heavy atom. The molecule has 8 heteroatoms. The minimum atomic E-state index is 0.0862. The maximum Gasteiger partial charge on any atom is 0.256 e. The van der Waals surface area contributed by atoms with E-state index in [1.165, 1.54) is 0 Å². The molecule has 0 atom stereocenters. The first kappa shape index (κ1) is 26.0. The van der Waals surface area contributed by atoms with Crippen LogP contribution >= 0.6 is 35.3 Å². The Hall–Kier alpha value is -1.64. The zero-order chi connectivity index (χ0) is 23.5. The Bertz CT molecular complexity index is 979. The van der Waals surface area contributed by atoms with E-state index in [-0.39, 0.29) is 5.91 Å². The summed E-state index contributed by atoms with van der Waals surface area (Å²) in [4.78, 5) is 22.9. The first-order valence-corrected chi connectivity index (χ1v) is 14.6. The maximum atomic E-state index is 12.6. The highest BCUT2D eigenvalue weighted by Gasteiger charge is 2.15. The third-order valence-electron chi connectivity index (χ3n) is 4.97. The number of anilines is 1. The van der Waals surface area contributed by atoms with Crippen LogP contribution in [0.25, 0.3) is 11.1 Å². The van der Waals surface area contributed by atoms with Crippen molar-refractivity contribution >= 4 is 58.0 Å². The number of amides is 1. The number of pyridine rings is 1. The lowest BCUT2D eigenvalue weighted by atomic mass is 10.1. The van der Waals surface area contributed by atoms with Crippen LogP contribution < -0.4 is 5.32 Å². The van der Waals surface area contributed by atoms with Crippen LogP contribution in [0.15, 0.2) is 49.9 Å². The van der Waals surface area contributed by atoms with Gasteiger partial charge in [0.15, 0.2) is 5.58 Å². The number of carbonyl (C=O) groups is 1. The number of oxazole rings is 1. The minimum absolute atomic E-state index is 0.0862. The van der Waals surface area contributed by atoms with Crippen molar-refractivity contribution < 1.29 is 9.21 Å². The Morgan fingerprint density at radius 2 is 1.73 bits per heavy atom.